The van der Waals surface area contributed by atoms with E-state index in [-0.39, 0.29) is 11.4 Å². The van der Waals surface area contributed by atoms with E-state index in [1.165, 1.54) is 36.1 Å². The van der Waals surface area contributed by atoms with Crippen molar-refractivity contribution in [1.29, 1.82) is 0 Å². The highest BCUT2D eigenvalue weighted by Crippen LogP contribution is 2.42. The van der Waals surface area contributed by atoms with Crippen LogP contribution >= 0.6 is 0 Å². The van der Waals surface area contributed by atoms with Crippen molar-refractivity contribution >= 4 is 11.4 Å². The Kier molecular flexibility index (Phi) is 4.06. The third kappa shape index (κ3) is 3.21. The zero-order valence-corrected chi connectivity index (χ0v) is 12.3. The number of hydrogen-bond donors (Lipinski definition) is 0. The Balaban J connectivity index is 1.70. The first-order chi connectivity index (χ1) is 11.0. The fourth-order valence-corrected chi connectivity index (χ4v) is 2.87. The number of nitro benzene ring substituents is 2. The van der Waals surface area contributed by atoms with Gasteiger partial charge in [-0.15, -0.1) is 0 Å². The average molecular weight is 310 g/mol. The molecule has 0 amide bonds. The summed E-state index contributed by atoms with van der Waals surface area (Å²) in [6.45, 7) is 0. The minimum absolute atomic E-state index is 0.0897. The maximum atomic E-state index is 10.7. The van der Waals surface area contributed by atoms with Gasteiger partial charge in [0.15, 0.2) is 0 Å². The van der Waals surface area contributed by atoms with Crippen molar-refractivity contribution in [2.75, 3.05) is 0 Å². The molecule has 0 unspecified atom stereocenters. The van der Waals surface area contributed by atoms with Crippen molar-refractivity contribution in [3.63, 3.8) is 0 Å². The first kappa shape index (κ1) is 15.1. The molecule has 6 nitrogen and oxygen atoms in total. The molecule has 2 aromatic rings. The number of benzene rings is 2. The lowest BCUT2D eigenvalue weighted by atomic mass is 9.93. The summed E-state index contributed by atoms with van der Waals surface area (Å²) in [4.78, 5) is 20.6. The van der Waals surface area contributed by atoms with Crippen molar-refractivity contribution < 1.29 is 9.85 Å². The van der Waals surface area contributed by atoms with Crippen LogP contribution in [0.25, 0.3) is 0 Å². The molecule has 0 spiro atoms. The second-order valence-corrected chi connectivity index (χ2v) is 5.49. The van der Waals surface area contributed by atoms with Crippen LogP contribution in [0, 0.1) is 32.1 Å². The normalized spacial score (nSPS) is 15.7. The smallest absolute Gasteiger partial charge is 0.258 e. The van der Waals surface area contributed by atoms with Gasteiger partial charge < -0.3 is 0 Å². The third-order valence-electron chi connectivity index (χ3n) is 4.13. The molecular formula is C17H14N2O4. The third-order valence-corrected chi connectivity index (χ3v) is 4.13. The van der Waals surface area contributed by atoms with Gasteiger partial charge in [0.05, 0.1) is 9.85 Å². The zero-order valence-electron chi connectivity index (χ0n) is 12.3. The van der Waals surface area contributed by atoms with Gasteiger partial charge in [0, 0.05) is 36.1 Å². The SMILES string of the molecule is O=[N+]([O-])c1ccc([C]2CC[C](c3ccc([N+](=O)[O-])cc3)C2)cc1. The van der Waals surface area contributed by atoms with Crippen molar-refractivity contribution in [1.82, 2.24) is 0 Å². The van der Waals surface area contributed by atoms with E-state index in [1.54, 1.807) is 24.3 Å². The van der Waals surface area contributed by atoms with Crippen LogP contribution in [-0.2, 0) is 0 Å². The predicted octanol–water partition coefficient (Wildman–Crippen LogP) is 4.23. The molecule has 116 valence electrons. The van der Waals surface area contributed by atoms with Crippen LogP contribution < -0.4 is 0 Å². The summed E-state index contributed by atoms with van der Waals surface area (Å²) < 4.78 is 0. The molecule has 2 aromatic carbocycles. The first-order valence-electron chi connectivity index (χ1n) is 7.23. The van der Waals surface area contributed by atoms with E-state index in [4.69, 9.17) is 0 Å². The average Bonchev–Trinajstić information content (AvgIpc) is 3.05. The topological polar surface area (TPSA) is 86.3 Å². The largest absolute Gasteiger partial charge is 0.269 e. The van der Waals surface area contributed by atoms with Crippen LogP contribution in [0.5, 0.6) is 0 Å². The van der Waals surface area contributed by atoms with E-state index >= 15 is 0 Å². The molecule has 0 N–H and O–H groups in total. The van der Waals surface area contributed by atoms with Crippen LogP contribution in [0.1, 0.15) is 30.4 Å². The summed E-state index contributed by atoms with van der Waals surface area (Å²) in [5.74, 6) is 2.49. The molecule has 0 bridgehead atoms. The number of hydrogen-bond acceptors (Lipinski definition) is 4. The fraction of sp³-hybridized carbons (Fsp3) is 0.176. The van der Waals surface area contributed by atoms with Crippen molar-refractivity contribution in [3.8, 4) is 0 Å². The van der Waals surface area contributed by atoms with Gasteiger partial charge in [0.25, 0.3) is 11.4 Å². The standard InChI is InChI=1S/C17H14N2O4/c20-18(21)16-7-3-12(4-8-16)14-1-2-15(11-14)13-5-9-17(10-6-13)19(22)23/h3-10H,1-2,11H2. The molecule has 1 saturated carbocycles. The van der Waals surface area contributed by atoms with Gasteiger partial charge in [0.2, 0.25) is 0 Å². The van der Waals surface area contributed by atoms with Crippen LogP contribution in [0.2, 0.25) is 0 Å². The minimum Gasteiger partial charge on any atom is -0.258 e. The van der Waals surface area contributed by atoms with Gasteiger partial charge in [-0.2, -0.15) is 0 Å². The Labute approximate surface area is 133 Å². The number of nitrogens with zero attached hydrogens (tertiary/aromatic N) is 2. The van der Waals surface area contributed by atoms with Crippen LogP contribution in [0.4, 0.5) is 11.4 Å². The van der Waals surface area contributed by atoms with Crippen molar-refractivity contribution in [3.05, 3.63) is 91.7 Å². The Morgan fingerprint density at radius 2 is 1.00 bits per heavy atom. The molecule has 0 aromatic heterocycles. The lowest BCUT2D eigenvalue weighted by Crippen LogP contribution is -1.98. The summed E-state index contributed by atoms with van der Waals surface area (Å²) >= 11 is 0. The summed E-state index contributed by atoms with van der Waals surface area (Å²) in [5.41, 5.74) is 2.22. The highest BCUT2D eigenvalue weighted by Gasteiger charge is 2.28. The van der Waals surface area contributed by atoms with E-state index in [0.717, 1.165) is 30.4 Å². The van der Waals surface area contributed by atoms with Gasteiger partial charge >= 0.3 is 0 Å². The molecular weight excluding hydrogens is 296 g/mol. The highest BCUT2D eigenvalue weighted by molar-refractivity contribution is 5.46. The molecule has 0 aliphatic heterocycles. The zero-order chi connectivity index (χ0) is 16.4. The second-order valence-electron chi connectivity index (χ2n) is 5.49. The molecule has 23 heavy (non-hydrogen) atoms. The Morgan fingerprint density at radius 1 is 0.652 bits per heavy atom. The molecule has 1 aliphatic rings. The van der Waals surface area contributed by atoms with Gasteiger partial charge in [-0.1, -0.05) is 24.3 Å². The lowest BCUT2D eigenvalue weighted by molar-refractivity contribution is -0.385. The van der Waals surface area contributed by atoms with Gasteiger partial charge in [-0.25, -0.2) is 0 Å². The summed E-state index contributed by atoms with van der Waals surface area (Å²) in [5, 5.41) is 21.4. The van der Waals surface area contributed by atoms with Gasteiger partial charge in [-0.3, -0.25) is 20.2 Å². The van der Waals surface area contributed by atoms with Gasteiger partial charge in [-0.05, 0) is 30.4 Å². The molecule has 0 heterocycles. The molecule has 3 rings (SSSR count). The number of non-ortho nitro benzene ring substituents is 2. The number of nitro groups is 2. The van der Waals surface area contributed by atoms with E-state index in [1.807, 2.05) is 0 Å². The first-order valence-corrected chi connectivity index (χ1v) is 7.23. The quantitative estimate of drug-likeness (QED) is 0.624. The van der Waals surface area contributed by atoms with Crippen molar-refractivity contribution in [2.24, 2.45) is 0 Å². The van der Waals surface area contributed by atoms with E-state index in [0.29, 0.717) is 0 Å². The highest BCUT2D eigenvalue weighted by atomic mass is 16.6. The van der Waals surface area contributed by atoms with E-state index < -0.39 is 9.85 Å². The molecule has 1 fully saturated rings. The lowest BCUT2D eigenvalue weighted by Gasteiger charge is -2.11. The van der Waals surface area contributed by atoms with E-state index in [9.17, 15) is 20.2 Å². The predicted molar refractivity (Wildman–Crippen MR) is 84.7 cm³/mol. The Morgan fingerprint density at radius 3 is 1.30 bits per heavy atom. The monoisotopic (exact) mass is 310 g/mol. The van der Waals surface area contributed by atoms with Crippen LogP contribution in [-0.4, -0.2) is 9.85 Å². The molecule has 6 heteroatoms. The molecule has 0 atom stereocenters. The Bertz CT molecular complexity index is 662. The molecule has 0 saturated heterocycles. The summed E-state index contributed by atoms with van der Waals surface area (Å²) in [6, 6.07) is 13.2. The Hall–Kier alpha value is -2.76. The fourth-order valence-electron chi connectivity index (χ4n) is 2.87. The second kappa shape index (κ2) is 6.16. The molecule has 2 radical (unpaired) electrons. The van der Waals surface area contributed by atoms with E-state index in [2.05, 4.69) is 0 Å². The summed E-state index contributed by atoms with van der Waals surface area (Å²) in [6.07, 6.45) is 2.61. The summed E-state index contributed by atoms with van der Waals surface area (Å²) in [7, 11) is 0. The molecule has 1 aliphatic carbocycles. The number of rotatable bonds is 4. The van der Waals surface area contributed by atoms with Gasteiger partial charge in [0.1, 0.15) is 0 Å². The van der Waals surface area contributed by atoms with Crippen LogP contribution in [0.15, 0.2) is 48.5 Å². The minimum atomic E-state index is -0.405. The van der Waals surface area contributed by atoms with Crippen LogP contribution in [0.3, 0.4) is 0 Å². The van der Waals surface area contributed by atoms with Crippen molar-refractivity contribution in [2.45, 2.75) is 19.3 Å². The maximum absolute atomic E-state index is 10.7. The maximum Gasteiger partial charge on any atom is 0.269 e.